The minimum atomic E-state index is -0.0220. The van der Waals surface area contributed by atoms with Crippen molar-refractivity contribution in [2.45, 2.75) is 0 Å². The Morgan fingerprint density at radius 1 is 1.45 bits per heavy atom. The van der Waals surface area contributed by atoms with Gasteiger partial charge in [-0.25, -0.2) is 9.97 Å². The lowest BCUT2D eigenvalue weighted by atomic mass is 10.7. The molecule has 0 amide bonds. The maximum atomic E-state index is 11.0. The van der Waals surface area contributed by atoms with E-state index in [1.165, 1.54) is 4.57 Å². The molecule has 0 N–H and O–H groups in total. The first kappa shape index (κ1) is 6.48. The molecule has 2 aromatic heterocycles. The molecule has 4 nitrogen and oxygen atoms in total. The number of aromatic nitrogens is 3. The normalized spacial score (nSPS) is 10.6. The van der Waals surface area contributed by atoms with Crippen molar-refractivity contribution in [3.8, 4) is 0 Å². The van der Waals surface area contributed by atoms with Crippen LogP contribution in [-0.4, -0.2) is 14.5 Å². The van der Waals surface area contributed by atoms with Crippen LogP contribution < -0.4 is 4.87 Å². The van der Waals surface area contributed by atoms with Gasteiger partial charge in [0.2, 0.25) is 0 Å². The number of thiazole rings is 1. The topological polar surface area (TPSA) is 47.8 Å². The van der Waals surface area contributed by atoms with Crippen molar-refractivity contribution < 1.29 is 0 Å². The van der Waals surface area contributed by atoms with Crippen LogP contribution in [0.25, 0.3) is 10.5 Å². The molecule has 5 heteroatoms. The van der Waals surface area contributed by atoms with Gasteiger partial charge in [0.25, 0.3) is 0 Å². The number of rotatable bonds is 0. The first-order chi connectivity index (χ1) is 5.29. The van der Waals surface area contributed by atoms with E-state index in [0.29, 0.717) is 10.5 Å². The minimum Gasteiger partial charge on any atom is -0.285 e. The van der Waals surface area contributed by atoms with Crippen molar-refractivity contribution >= 4 is 21.8 Å². The zero-order valence-corrected chi connectivity index (χ0v) is 6.63. The van der Waals surface area contributed by atoms with Crippen molar-refractivity contribution in [2.75, 3.05) is 0 Å². The Hall–Kier alpha value is -1.23. The van der Waals surface area contributed by atoms with Crippen LogP contribution in [0.4, 0.5) is 0 Å². The predicted octanol–water partition coefficient (Wildman–Crippen LogP) is 0.390. The number of hydrogen-bond donors (Lipinski definition) is 0. The van der Waals surface area contributed by atoms with Crippen molar-refractivity contribution in [3.63, 3.8) is 0 Å². The summed E-state index contributed by atoms with van der Waals surface area (Å²) in [4.78, 5) is 19.7. The Morgan fingerprint density at radius 3 is 2.91 bits per heavy atom. The molecular weight excluding hydrogens is 162 g/mol. The Balaban J connectivity index is 3.04. The van der Waals surface area contributed by atoms with Gasteiger partial charge in [-0.1, -0.05) is 11.3 Å². The summed E-state index contributed by atoms with van der Waals surface area (Å²) in [6.07, 6.45) is 3.16. The fourth-order valence-corrected chi connectivity index (χ4v) is 1.64. The molecule has 0 spiro atoms. The fraction of sp³-hybridized carbons (Fsp3) is 0.167. The van der Waals surface area contributed by atoms with Crippen molar-refractivity contribution in [1.82, 2.24) is 14.5 Å². The molecule has 0 saturated carbocycles. The standard InChI is InChI=1S/C6H5N3OS/c1-9-4-5(11-6(9)10)8-3-2-7-4/h2-3H,1H3. The van der Waals surface area contributed by atoms with E-state index >= 15 is 0 Å². The largest absolute Gasteiger partial charge is 0.310 e. The molecule has 2 heterocycles. The molecule has 0 radical (unpaired) electrons. The van der Waals surface area contributed by atoms with Gasteiger partial charge in [0.1, 0.15) is 0 Å². The van der Waals surface area contributed by atoms with Crippen LogP contribution in [0.2, 0.25) is 0 Å². The summed E-state index contributed by atoms with van der Waals surface area (Å²) in [5.74, 6) is 0. The van der Waals surface area contributed by atoms with Gasteiger partial charge in [0, 0.05) is 19.4 Å². The van der Waals surface area contributed by atoms with Crippen LogP contribution in [0.15, 0.2) is 17.2 Å². The SMILES string of the molecule is Cn1c(=O)sc2nccnc21. The average molecular weight is 167 g/mol. The third kappa shape index (κ3) is 0.848. The van der Waals surface area contributed by atoms with E-state index in [4.69, 9.17) is 0 Å². The fourth-order valence-electron chi connectivity index (χ4n) is 0.858. The van der Waals surface area contributed by atoms with Crippen molar-refractivity contribution in [3.05, 3.63) is 22.1 Å². The highest BCUT2D eigenvalue weighted by Crippen LogP contribution is 2.07. The molecule has 0 aliphatic heterocycles. The highest BCUT2D eigenvalue weighted by Gasteiger charge is 2.03. The molecule has 0 unspecified atom stereocenters. The number of nitrogens with zero attached hydrogens (tertiary/aromatic N) is 3. The minimum absolute atomic E-state index is 0.0220. The van der Waals surface area contributed by atoms with Crippen molar-refractivity contribution in [2.24, 2.45) is 7.05 Å². The second-order valence-electron chi connectivity index (χ2n) is 2.11. The predicted molar refractivity (Wildman–Crippen MR) is 42.7 cm³/mol. The van der Waals surface area contributed by atoms with Crippen LogP contribution >= 0.6 is 11.3 Å². The summed E-state index contributed by atoms with van der Waals surface area (Å²) >= 11 is 1.11. The van der Waals surface area contributed by atoms with Gasteiger partial charge in [-0.3, -0.25) is 9.36 Å². The van der Waals surface area contributed by atoms with Gasteiger partial charge < -0.3 is 0 Å². The second-order valence-corrected chi connectivity index (χ2v) is 3.05. The Morgan fingerprint density at radius 2 is 2.18 bits per heavy atom. The number of hydrogen-bond acceptors (Lipinski definition) is 4. The summed E-state index contributed by atoms with van der Waals surface area (Å²) in [6, 6.07) is 0. The molecule has 0 aliphatic rings. The molecule has 0 aliphatic carbocycles. The summed E-state index contributed by atoms with van der Waals surface area (Å²) in [5, 5.41) is 0. The summed E-state index contributed by atoms with van der Waals surface area (Å²) in [5.41, 5.74) is 0.655. The molecular formula is C6H5N3OS. The van der Waals surface area contributed by atoms with Crippen LogP contribution in [0.3, 0.4) is 0 Å². The highest BCUT2D eigenvalue weighted by molar-refractivity contribution is 7.15. The van der Waals surface area contributed by atoms with Crippen LogP contribution in [-0.2, 0) is 7.05 Å². The van der Waals surface area contributed by atoms with Gasteiger partial charge in [-0.15, -0.1) is 0 Å². The lowest BCUT2D eigenvalue weighted by Gasteiger charge is -1.88. The summed E-state index contributed by atoms with van der Waals surface area (Å²) in [7, 11) is 1.69. The zero-order chi connectivity index (χ0) is 7.84. The Labute approximate surface area is 66.1 Å². The molecule has 56 valence electrons. The molecule has 0 fully saturated rings. The van der Waals surface area contributed by atoms with E-state index in [1.54, 1.807) is 19.4 Å². The van der Waals surface area contributed by atoms with E-state index in [-0.39, 0.29) is 4.87 Å². The van der Waals surface area contributed by atoms with E-state index in [1.807, 2.05) is 0 Å². The lowest BCUT2D eigenvalue weighted by Crippen LogP contribution is -2.07. The average Bonchev–Trinajstić information content (AvgIpc) is 2.30. The lowest BCUT2D eigenvalue weighted by molar-refractivity contribution is 0.917. The van der Waals surface area contributed by atoms with E-state index in [2.05, 4.69) is 9.97 Å². The van der Waals surface area contributed by atoms with Crippen LogP contribution in [0, 0.1) is 0 Å². The third-order valence-electron chi connectivity index (χ3n) is 1.42. The molecule has 2 rings (SSSR count). The molecule has 11 heavy (non-hydrogen) atoms. The van der Waals surface area contributed by atoms with E-state index < -0.39 is 0 Å². The Bertz CT molecular complexity index is 444. The number of fused-ring (bicyclic) bond motifs is 1. The summed E-state index contributed by atoms with van der Waals surface area (Å²) in [6.45, 7) is 0. The quantitative estimate of drug-likeness (QED) is 0.570. The smallest absolute Gasteiger partial charge is 0.285 e. The van der Waals surface area contributed by atoms with E-state index in [0.717, 1.165) is 11.3 Å². The number of aryl methyl sites for hydroxylation is 1. The maximum absolute atomic E-state index is 11.0. The summed E-state index contributed by atoms with van der Waals surface area (Å²) < 4.78 is 1.49. The molecule has 0 saturated heterocycles. The van der Waals surface area contributed by atoms with Gasteiger partial charge in [-0.2, -0.15) is 0 Å². The Kier molecular flexibility index (Phi) is 1.25. The maximum Gasteiger partial charge on any atom is 0.310 e. The highest BCUT2D eigenvalue weighted by atomic mass is 32.1. The van der Waals surface area contributed by atoms with Crippen molar-refractivity contribution in [1.29, 1.82) is 0 Å². The monoisotopic (exact) mass is 167 g/mol. The third-order valence-corrected chi connectivity index (χ3v) is 2.35. The molecule has 0 atom stereocenters. The van der Waals surface area contributed by atoms with Gasteiger partial charge in [0.15, 0.2) is 10.5 Å². The molecule has 0 aromatic carbocycles. The van der Waals surface area contributed by atoms with E-state index in [9.17, 15) is 4.79 Å². The second kappa shape index (κ2) is 2.13. The zero-order valence-electron chi connectivity index (χ0n) is 5.81. The van der Waals surface area contributed by atoms with Gasteiger partial charge in [-0.05, 0) is 0 Å². The molecule has 2 aromatic rings. The first-order valence-corrected chi connectivity index (χ1v) is 3.87. The first-order valence-electron chi connectivity index (χ1n) is 3.05. The van der Waals surface area contributed by atoms with Crippen LogP contribution in [0.1, 0.15) is 0 Å². The van der Waals surface area contributed by atoms with Crippen LogP contribution in [0.5, 0.6) is 0 Å². The van der Waals surface area contributed by atoms with Gasteiger partial charge >= 0.3 is 4.87 Å². The molecule has 0 bridgehead atoms. The van der Waals surface area contributed by atoms with Gasteiger partial charge in [0.05, 0.1) is 0 Å².